The predicted octanol–water partition coefficient (Wildman–Crippen LogP) is 1.65. The van der Waals surface area contributed by atoms with E-state index >= 15 is 0 Å². The monoisotopic (exact) mass is 241 g/mol. The predicted molar refractivity (Wildman–Crippen MR) is 75.5 cm³/mol. The average Bonchev–Trinajstić information content (AvgIpc) is 2.29. The fourth-order valence-corrected chi connectivity index (χ4v) is 2.61. The zero-order valence-corrected chi connectivity index (χ0v) is 12.3. The highest BCUT2D eigenvalue weighted by atomic mass is 15.3. The van der Waals surface area contributed by atoms with Crippen LogP contribution in [0, 0.1) is 5.41 Å². The number of hydrogen-bond donors (Lipinski definition) is 1. The van der Waals surface area contributed by atoms with E-state index in [0.717, 1.165) is 13.1 Å². The quantitative estimate of drug-likeness (QED) is 0.731. The summed E-state index contributed by atoms with van der Waals surface area (Å²) < 4.78 is 0. The van der Waals surface area contributed by atoms with Crippen molar-refractivity contribution < 1.29 is 0 Å². The van der Waals surface area contributed by atoms with Gasteiger partial charge >= 0.3 is 0 Å². The molecule has 0 radical (unpaired) electrons. The molecule has 17 heavy (non-hydrogen) atoms. The molecule has 1 aliphatic heterocycles. The van der Waals surface area contributed by atoms with Gasteiger partial charge in [-0.1, -0.05) is 27.7 Å². The Balaban J connectivity index is 2.24. The molecule has 0 aliphatic carbocycles. The minimum atomic E-state index is 0.392. The van der Waals surface area contributed by atoms with Crippen molar-refractivity contribution in [2.45, 2.75) is 34.1 Å². The van der Waals surface area contributed by atoms with Crippen LogP contribution in [0.4, 0.5) is 0 Å². The van der Waals surface area contributed by atoms with Gasteiger partial charge in [-0.3, -0.25) is 0 Å². The first kappa shape index (κ1) is 14.9. The summed E-state index contributed by atoms with van der Waals surface area (Å²) in [6.45, 7) is 18.9. The van der Waals surface area contributed by atoms with Crippen LogP contribution in [0.5, 0.6) is 0 Å². The summed E-state index contributed by atoms with van der Waals surface area (Å²) in [6.07, 6.45) is 1.28. The van der Waals surface area contributed by atoms with Gasteiger partial charge in [0.05, 0.1) is 0 Å². The number of piperazine rings is 1. The summed E-state index contributed by atoms with van der Waals surface area (Å²) in [6, 6.07) is 0. The third-order valence-electron chi connectivity index (χ3n) is 3.51. The molecule has 1 rings (SSSR count). The van der Waals surface area contributed by atoms with Gasteiger partial charge in [-0.15, -0.1) is 0 Å². The Morgan fingerprint density at radius 3 is 2.12 bits per heavy atom. The van der Waals surface area contributed by atoms with Crippen molar-refractivity contribution in [1.82, 2.24) is 15.1 Å². The molecule has 0 bridgehead atoms. The largest absolute Gasteiger partial charge is 0.316 e. The minimum absolute atomic E-state index is 0.392. The summed E-state index contributed by atoms with van der Waals surface area (Å²) in [5, 5.41) is 3.47. The number of rotatable bonds is 7. The average molecular weight is 241 g/mol. The van der Waals surface area contributed by atoms with Gasteiger partial charge in [0.1, 0.15) is 0 Å². The standard InChI is InChI=1S/C14H31N3/c1-5-7-16-8-10-17(11-9-16)13-14(3,4)12-15-6-2/h15H,5-13H2,1-4H3. The molecular weight excluding hydrogens is 210 g/mol. The molecule has 0 atom stereocenters. The Morgan fingerprint density at radius 1 is 1.00 bits per heavy atom. The molecule has 1 fully saturated rings. The summed E-state index contributed by atoms with van der Waals surface area (Å²) in [4.78, 5) is 5.22. The van der Waals surface area contributed by atoms with Crippen LogP contribution in [-0.4, -0.2) is 62.2 Å². The molecule has 1 heterocycles. The molecule has 0 aromatic rings. The normalized spacial score (nSPS) is 19.8. The number of nitrogens with zero attached hydrogens (tertiary/aromatic N) is 2. The van der Waals surface area contributed by atoms with Crippen LogP contribution in [0.15, 0.2) is 0 Å². The van der Waals surface area contributed by atoms with Crippen molar-refractivity contribution in [3.05, 3.63) is 0 Å². The fourth-order valence-electron chi connectivity index (χ4n) is 2.61. The highest BCUT2D eigenvalue weighted by Gasteiger charge is 2.24. The van der Waals surface area contributed by atoms with Gasteiger partial charge in [0.25, 0.3) is 0 Å². The van der Waals surface area contributed by atoms with Crippen molar-refractivity contribution in [3.63, 3.8) is 0 Å². The lowest BCUT2D eigenvalue weighted by molar-refractivity contribution is 0.0966. The third kappa shape index (κ3) is 5.84. The lowest BCUT2D eigenvalue weighted by Crippen LogP contribution is -2.50. The maximum Gasteiger partial charge on any atom is 0.0110 e. The molecule has 0 unspecified atom stereocenters. The smallest absolute Gasteiger partial charge is 0.0110 e. The molecule has 0 aromatic carbocycles. The SMILES string of the molecule is CCCN1CCN(CC(C)(C)CNCC)CC1. The van der Waals surface area contributed by atoms with Gasteiger partial charge < -0.3 is 15.1 Å². The maximum atomic E-state index is 3.47. The highest BCUT2D eigenvalue weighted by molar-refractivity contribution is 4.79. The Labute approximate surface area is 108 Å². The van der Waals surface area contributed by atoms with Crippen molar-refractivity contribution in [2.75, 3.05) is 52.4 Å². The topological polar surface area (TPSA) is 18.5 Å². The molecule has 102 valence electrons. The van der Waals surface area contributed by atoms with Crippen molar-refractivity contribution in [1.29, 1.82) is 0 Å². The third-order valence-corrected chi connectivity index (χ3v) is 3.51. The highest BCUT2D eigenvalue weighted by Crippen LogP contribution is 2.17. The van der Waals surface area contributed by atoms with E-state index in [0.29, 0.717) is 5.41 Å². The first-order valence-corrected chi connectivity index (χ1v) is 7.23. The van der Waals surface area contributed by atoms with Crippen molar-refractivity contribution in [2.24, 2.45) is 5.41 Å². The van der Waals surface area contributed by atoms with Crippen LogP contribution in [0.2, 0.25) is 0 Å². The van der Waals surface area contributed by atoms with Crippen molar-refractivity contribution >= 4 is 0 Å². The maximum absolute atomic E-state index is 3.47. The van der Waals surface area contributed by atoms with Gasteiger partial charge in [0.2, 0.25) is 0 Å². The zero-order chi connectivity index (χ0) is 12.7. The van der Waals surface area contributed by atoms with E-state index in [1.54, 1.807) is 0 Å². The zero-order valence-electron chi connectivity index (χ0n) is 12.3. The first-order valence-electron chi connectivity index (χ1n) is 7.23. The molecule has 1 aliphatic rings. The van der Waals surface area contributed by atoms with E-state index in [1.165, 1.54) is 45.7 Å². The number of hydrogen-bond acceptors (Lipinski definition) is 3. The Bertz CT molecular complexity index is 196. The molecule has 0 aromatic heterocycles. The minimum Gasteiger partial charge on any atom is -0.316 e. The van der Waals surface area contributed by atoms with E-state index < -0.39 is 0 Å². The van der Waals surface area contributed by atoms with Crippen molar-refractivity contribution in [3.8, 4) is 0 Å². The van der Waals surface area contributed by atoms with E-state index in [4.69, 9.17) is 0 Å². The van der Waals surface area contributed by atoms with Gasteiger partial charge in [0, 0.05) is 39.3 Å². The lowest BCUT2D eigenvalue weighted by atomic mass is 9.92. The summed E-state index contributed by atoms with van der Waals surface area (Å²) in [7, 11) is 0. The lowest BCUT2D eigenvalue weighted by Gasteiger charge is -2.39. The van der Waals surface area contributed by atoms with Crippen LogP contribution in [0.25, 0.3) is 0 Å². The van der Waals surface area contributed by atoms with Gasteiger partial charge in [0.15, 0.2) is 0 Å². The molecule has 0 saturated carbocycles. The second kappa shape index (κ2) is 7.34. The Hall–Kier alpha value is -0.120. The molecule has 3 nitrogen and oxygen atoms in total. The van der Waals surface area contributed by atoms with Crippen LogP contribution in [0.3, 0.4) is 0 Å². The molecule has 0 spiro atoms. The van der Waals surface area contributed by atoms with E-state index in [9.17, 15) is 0 Å². The van der Waals surface area contributed by atoms with Gasteiger partial charge in [-0.2, -0.15) is 0 Å². The van der Waals surface area contributed by atoms with E-state index in [-0.39, 0.29) is 0 Å². The Morgan fingerprint density at radius 2 is 1.59 bits per heavy atom. The van der Waals surface area contributed by atoms with E-state index in [2.05, 4.69) is 42.8 Å². The second-order valence-electron chi connectivity index (χ2n) is 6.06. The summed E-state index contributed by atoms with van der Waals surface area (Å²) in [5.41, 5.74) is 0.392. The van der Waals surface area contributed by atoms with Gasteiger partial charge in [-0.05, 0) is 24.9 Å². The molecule has 0 amide bonds. The van der Waals surface area contributed by atoms with Crippen LogP contribution in [0.1, 0.15) is 34.1 Å². The molecule has 1 saturated heterocycles. The van der Waals surface area contributed by atoms with Gasteiger partial charge in [-0.25, -0.2) is 0 Å². The molecular formula is C14H31N3. The molecule has 1 N–H and O–H groups in total. The van der Waals surface area contributed by atoms with Crippen LogP contribution >= 0.6 is 0 Å². The second-order valence-corrected chi connectivity index (χ2v) is 6.06. The summed E-state index contributed by atoms with van der Waals surface area (Å²) in [5.74, 6) is 0. The van der Waals surface area contributed by atoms with Crippen LogP contribution < -0.4 is 5.32 Å². The Kier molecular flexibility index (Phi) is 6.45. The fraction of sp³-hybridized carbons (Fsp3) is 1.00. The molecule has 3 heteroatoms. The summed E-state index contributed by atoms with van der Waals surface area (Å²) >= 11 is 0. The first-order chi connectivity index (χ1) is 8.07. The van der Waals surface area contributed by atoms with E-state index in [1.807, 2.05) is 0 Å². The van der Waals surface area contributed by atoms with Crippen LogP contribution in [-0.2, 0) is 0 Å². The number of nitrogens with one attached hydrogen (secondary N) is 1.